The van der Waals surface area contributed by atoms with Gasteiger partial charge >= 0.3 is 0 Å². The number of nitrogens with one attached hydrogen (secondary N) is 1. The summed E-state index contributed by atoms with van der Waals surface area (Å²) in [5.74, 6) is 0.530. The Morgan fingerprint density at radius 2 is 2.17 bits per heavy atom. The van der Waals surface area contributed by atoms with E-state index in [-0.39, 0.29) is 5.91 Å². The number of carbonyl (C=O) groups is 1. The molecule has 0 saturated heterocycles. The van der Waals surface area contributed by atoms with Gasteiger partial charge in [-0.1, -0.05) is 6.07 Å². The SMILES string of the molecule is O=C(CSc1ccncc1)NCCc1cccs1. The number of hydrogen-bond acceptors (Lipinski definition) is 4. The minimum absolute atomic E-state index is 0.0772. The Hall–Kier alpha value is -1.33. The van der Waals surface area contributed by atoms with Crippen molar-refractivity contribution in [1.82, 2.24) is 10.3 Å². The largest absolute Gasteiger partial charge is 0.355 e. The minimum atomic E-state index is 0.0772. The molecular weight excluding hydrogens is 264 g/mol. The fourth-order valence-corrected chi connectivity index (χ4v) is 2.84. The quantitative estimate of drug-likeness (QED) is 0.826. The van der Waals surface area contributed by atoms with E-state index in [1.54, 1.807) is 23.7 Å². The molecule has 2 heterocycles. The van der Waals surface area contributed by atoms with Gasteiger partial charge in [0.1, 0.15) is 0 Å². The van der Waals surface area contributed by atoms with E-state index < -0.39 is 0 Å². The minimum Gasteiger partial charge on any atom is -0.355 e. The molecule has 2 rings (SSSR count). The molecule has 0 aliphatic rings. The molecule has 0 atom stereocenters. The molecule has 1 amide bonds. The third-order valence-corrected chi connectivity index (χ3v) is 4.24. The van der Waals surface area contributed by atoms with E-state index in [1.165, 1.54) is 16.6 Å². The Morgan fingerprint density at radius 1 is 1.33 bits per heavy atom. The van der Waals surface area contributed by atoms with Crippen LogP contribution in [0.1, 0.15) is 4.88 Å². The molecule has 5 heteroatoms. The summed E-state index contributed by atoms with van der Waals surface area (Å²) in [4.78, 5) is 17.9. The highest BCUT2D eigenvalue weighted by Crippen LogP contribution is 2.15. The van der Waals surface area contributed by atoms with Gasteiger partial charge in [-0.2, -0.15) is 0 Å². The number of carbonyl (C=O) groups excluding carboxylic acids is 1. The van der Waals surface area contributed by atoms with Crippen molar-refractivity contribution in [1.29, 1.82) is 0 Å². The van der Waals surface area contributed by atoms with Crippen molar-refractivity contribution in [3.63, 3.8) is 0 Å². The summed E-state index contributed by atoms with van der Waals surface area (Å²) in [6.07, 6.45) is 4.37. The number of pyridine rings is 1. The molecule has 2 aromatic rings. The van der Waals surface area contributed by atoms with Gasteiger partial charge in [-0.25, -0.2) is 0 Å². The van der Waals surface area contributed by atoms with E-state index in [9.17, 15) is 4.79 Å². The predicted octanol–water partition coefficient (Wildman–Crippen LogP) is 2.59. The summed E-state index contributed by atoms with van der Waals surface area (Å²) < 4.78 is 0. The van der Waals surface area contributed by atoms with Gasteiger partial charge in [-0.05, 0) is 30.0 Å². The lowest BCUT2D eigenvalue weighted by Crippen LogP contribution is -2.27. The molecule has 0 fully saturated rings. The molecule has 0 radical (unpaired) electrons. The molecule has 2 aromatic heterocycles. The first kappa shape index (κ1) is 13.1. The number of thiophene rings is 1. The second-order valence-corrected chi connectivity index (χ2v) is 5.73. The summed E-state index contributed by atoms with van der Waals surface area (Å²) in [5.41, 5.74) is 0. The van der Waals surface area contributed by atoms with Crippen LogP contribution in [0.4, 0.5) is 0 Å². The van der Waals surface area contributed by atoms with Crippen molar-refractivity contribution in [2.45, 2.75) is 11.3 Å². The summed E-state index contributed by atoms with van der Waals surface area (Å²) in [7, 11) is 0. The molecule has 0 unspecified atom stereocenters. The normalized spacial score (nSPS) is 10.2. The standard InChI is InChI=1S/C13H14N2OS2/c16-13(10-18-12-3-6-14-7-4-12)15-8-5-11-2-1-9-17-11/h1-4,6-7,9H,5,8,10H2,(H,15,16). The molecule has 0 aromatic carbocycles. The Labute approximate surface area is 115 Å². The van der Waals surface area contributed by atoms with E-state index in [1.807, 2.05) is 18.2 Å². The average molecular weight is 278 g/mol. The Morgan fingerprint density at radius 3 is 2.89 bits per heavy atom. The molecule has 3 nitrogen and oxygen atoms in total. The van der Waals surface area contributed by atoms with E-state index in [4.69, 9.17) is 0 Å². The van der Waals surface area contributed by atoms with Gasteiger partial charge in [0.2, 0.25) is 5.91 Å². The lowest BCUT2D eigenvalue weighted by atomic mass is 10.3. The van der Waals surface area contributed by atoms with Crippen LogP contribution < -0.4 is 5.32 Å². The number of amides is 1. The van der Waals surface area contributed by atoms with Crippen LogP contribution in [0.2, 0.25) is 0 Å². The fraction of sp³-hybridized carbons (Fsp3) is 0.231. The fourth-order valence-electron chi connectivity index (χ4n) is 1.41. The van der Waals surface area contributed by atoms with E-state index in [0.29, 0.717) is 12.3 Å². The van der Waals surface area contributed by atoms with Gasteiger partial charge in [0.05, 0.1) is 5.75 Å². The Balaban J connectivity index is 1.63. The summed E-state index contributed by atoms with van der Waals surface area (Å²) in [5, 5.41) is 4.97. The maximum Gasteiger partial charge on any atom is 0.230 e. The Bertz CT molecular complexity index is 471. The van der Waals surface area contributed by atoms with Crippen molar-refractivity contribution in [3.8, 4) is 0 Å². The van der Waals surface area contributed by atoms with Crippen molar-refractivity contribution < 1.29 is 4.79 Å². The molecule has 94 valence electrons. The molecule has 1 N–H and O–H groups in total. The molecule has 0 saturated carbocycles. The van der Waals surface area contributed by atoms with Gasteiger partial charge in [-0.15, -0.1) is 23.1 Å². The summed E-state index contributed by atoms with van der Waals surface area (Å²) in [6.45, 7) is 0.705. The molecule has 0 aliphatic heterocycles. The van der Waals surface area contributed by atoms with Crippen molar-refractivity contribution in [3.05, 3.63) is 46.9 Å². The van der Waals surface area contributed by atoms with Crippen molar-refractivity contribution in [2.24, 2.45) is 0 Å². The van der Waals surface area contributed by atoms with Crippen LogP contribution in [0.15, 0.2) is 46.9 Å². The van der Waals surface area contributed by atoms with Crippen LogP contribution in [-0.4, -0.2) is 23.2 Å². The number of aromatic nitrogens is 1. The van der Waals surface area contributed by atoms with Crippen LogP contribution in [0, 0.1) is 0 Å². The first-order valence-corrected chi connectivity index (χ1v) is 7.53. The molecule has 18 heavy (non-hydrogen) atoms. The first-order valence-electron chi connectivity index (χ1n) is 5.66. The van der Waals surface area contributed by atoms with Crippen LogP contribution in [0.25, 0.3) is 0 Å². The monoisotopic (exact) mass is 278 g/mol. The highest BCUT2D eigenvalue weighted by Gasteiger charge is 2.02. The van der Waals surface area contributed by atoms with E-state index in [0.717, 1.165) is 11.3 Å². The highest BCUT2D eigenvalue weighted by atomic mass is 32.2. The van der Waals surface area contributed by atoms with Gasteiger partial charge < -0.3 is 5.32 Å². The number of rotatable bonds is 6. The molecule has 0 aliphatic carbocycles. The zero-order chi connectivity index (χ0) is 12.6. The zero-order valence-electron chi connectivity index (χ0n) is 9.83. The van der Waals surface area contributed by atoms with Crippen LogP contribution in [0.5, 0.6) is 0 Å². The third-order valence-electron chi connectivity index (χ3n) is 2.29. The first-order chi connectivity index (χ1) is 8.84. The highest BCUT2D eigenvalue weighted by molar-refractivity contribution is 8.00. The second-order valence-electron chi connectivity index (χ2n) is 3.65. The molecule has 0 spiro atoms. The van der Waals surface area contributed by atoms with E-state index in [2.05, 4.69) is 21.7 Å². The summed E-state index contributed by atoms with van der Waals surface area (Å²) >= 11 is 3.25. The van der Waals surface area contributed by atoms with Crippen molar-refractivity contribution >= 4 is 29.0 Å². The van der Waals surface area contributed by atoms with Gasteiger partial charge in [-0.3, -0.25) is 9.78 Å². The van der Waals surface area contributed by atoms with Crippen LogP contribution in [0.3, 0.4) is 0 Å². The van der Waals surface area contributed by atoms with E-state index >= 15 is 0 Å². The van der Waals surface area contributed by atoms with Crippen LogP contribution >= 0.6 is 23.1 Å². The molecular formula is C13H14N2OS2. The molecule has 0 bridgehead atoms. The lowest BCUT2D eigenvalue weighted by Gasteiger charge is -2.04. The topological polar surface area (TPSA) is 42.0 Å². The van der Waals surface area contributed by atoms with Crippen molar-refractivity contribution in [2.75, 3.05) is 12.3 Å². The average Bonchev–Trinajstić information content (AvgIpc) is 2.91. The van der Waals surface area contributed by atoms with Gasteiger partial charge in [0, 0.05) is 28.7 Å². The smallest absolute Gasteiger partial charge is 0.230 e. The zero-order valence-corrected chi connectivity index (χ0v) is 11.5. The maximum atomic E-state index is 11.6. The lowest BCUT2D eigenvalue weighted by molar-refractivity contribution is -0.118. The Kier molecular flexibility index (Phi) is 5.23. The number of nitrogens with zero attached hydrogens (tertiary/aromatic N) is 1. The second kappa shape index (κ2) is 7.18. The third kappa shape index (κ3) is 4.50. The summed E-state index contributed by atoms with van der Waals surface area (Å²) in [6, 6.07) is 7.93. The predicted molar refractivity (Wildman–Crippen MR) is 76.0 cm³/mol. The maximum absolute atomic E-state index is 11.6. The van der Waals surface area contributed by atoms with Crippen LogP contribution in [-0.2, 0) is 11.2 Å². The number of thioether (sulfide) groups is 1. The van der Waals surface area contributed by atoms with Gasteiger partial charge in [0.25, 0.3) is 0 Å². The number of hydrogen-bond donors (Lipinski definition) is 1. The van der Waals surface area contributed by atoms with Gasteiger partial charge in [0.15, 0.2) is 0 Å².